The number of hydrogen-bond donors (Lipinski definition) is 2. The Hall–Kier alpha value is -0.0600. The van der Waals surface area contributed by atoms with Crippen molar-refractivity contribution in [2.45, 2.75) is 110 Å². The number of hydrogen-bond acceptors (Lipinski definition) is 2. The molecule has 1 atom stereocenters. The monoisotopic (exact) mass is 364 g/mol. The summed E-state index contributed by atoms with van der Waals surface area (Å²) < 4.78 is 0. The van der Waals surface area contributed by atoms with Gasteiger partial charge in [0.05, 0.1) is 0 Å². The SMILES string of the molecule is CCCCCCCCCCCCCCCCC(CC(N)=O)C(N)=O.[NaH]. The van der Waals surface area contributed by atoms with E-state index in [1.807, 2.05) is 0 Å². The Morgan fingerprint density at radius 2 is 1.04 bits per heavy atom. The van der Waals surface area contributed by atoms with Crippen LogP contribution in [0.25, 0.3) is 0 Å². The first-order valence-electron chi connectivity index (χ1n) is 10.2. The molecule has 0 spiro atoms. The molecule has 0 aromatic heterocycles. The van der Waals surface area contributed by atoms with Gasteiger partial charge in [-0.3, -0.25) is 9.59 Å². The van der Waals surface area contributed by atoms with Crippen LogP contribution in [-0.4, -0.2) is 41.4 Å². The van der Waals surface area contributed by atoms with Gasteiger partial charge in [-0.05, 0) is 6.42 Å². The van der Waals surface area contributed by atoms with E-state index in [9.17, 15) is 9.59 Å². The van der Waals surface area contributed by atoms with Crippen LogP contribution in [0.3, 0.4) is 0 Å². The molecule has 0 saturated heterocycles. The Morgan fingerprint density at radius 1 is 0.680 bits per heavy atom. The maximum atomic E-state index is 11.2. The molecule has 0 saturated carbocycles. The molecule has 0 aliphatic rings. The number of amides is 2. The van der Waals surface area contributed by atoms with Gasteiger partial charge in [0.15, 0.2) is 0 Å². The Balaban J connectivity index is 0. The van der Waals surface area contributed by atoms with Crippen molar-refractivity contribution in [1.82, 2.24) is 0 Å². The molecule has 144 valence electrons. The topological polar surface area (TPSA) is 86.2 Å². The van der Waals surface area contributed by atoms with Gasteiger partial charge in [0.1, 0.15) is 0 Å². The first-order chi connectivity index (χ1) is 11.6. The maximum absolute atomic E-state index is 11.2. The number of carbonyl (C=O) groups excluding carboxylic acids is 2. The molecule has 4 nitrogen and oxygen atoms in total. The van der Waals surface area contributed by atoms with Crippen LogP contribution in [0.2, 0.25) is 0 Å². The van der Waals surface area contributed by atoms with Gasteiger partial charge >= 0.3 is 29.6 Å². The average molecular weight is 365 g/mol. The summed E-state index contributed by atoms with van der Waals surface area (Å²) in [6.07, 6.45) is 19.1. The normalized spacial score (nSPS) is 11.7. The number of rotatable bonds is 18. The minimum atomic E-state index is -0.441. The van der Waals surface area contributed by atoms with Crippen LogP contribution < -0.4 is 11.5 Å². The molecule has 2 amide bonds. The summed E-state index contributed by atoms with van der Waals surface area (Å²) in [5.74, 6) is -1.22. The summed E-state index contributed by atoms with van der Waals surface area (Å²) in [7, 11) is 0. The van der Waals surface area contributed by atoms with Gasteiger partial charge in [-0.15, -0.1) is 0 Å². The fourth-order valence-electron chi connectivity index (χ4n) is 3.17. The summed E-state index contributed by atoms with van der Waals surface area (Å²) in [6, 6.07) is 0. The van der Waals surface area contributed by atoms with Crippen molar-refractivity contribution < 1.29 is 9.59 Å². The second kappa shape index (κ2) is 20.3. The Kier molecular flexibility index (Phi) is 22.0. The van der Waals surface area contributed by atoms with Gasteiger partial charge in [-0.25, -0.2) is 0 Å². The van der Waals surface area contributed by atoms with E-state index in [-0.39, 0.29) is 41.9 Å². The van der Waals surface area contributed by atoms with Crippen molar-refractivity contribution in [3.8, 4) is 0 Å². The zero-order chi connectivity index (χ0) is 18.0. The molecule has 0 aliphatic heterocycles. The number of nitrogens with two attached hydrogens (primary N) is 2. The molecule has 0 aromatic carbocycles. The van der Waals surface area contributed by atoms with Crippen LogP contribution in [0.1, 0.15) is 110 Å². The van der Waals surface area contributed by atoms with E-state index in [0.717, 1.165) is 12.8 Å². The van der Waals surface area contributed by atoms with Gasteiger partial charge in [0.2, 0.25) is 11.8 Å². The third-order valence-electron chi connectivity index (χ3n) is 4.76. The summed E-state index contributed by atoms with van der Waals surface area (Å²) in [5, 5.41) is 0. The van der Waals surface area contributed by atoms with Gasteiger partial charge < -0.3 is 11.5 Å². The molecular weight excluding hydrogens is 323 g/mol. The summed E-state index contributed by atoms with van der Waals surface area (Å²) in [6.45, 7) is 2.26. The quantitative estimate of drug-likeness (QED) is 0.282. The van der Waals surface area contributed by atoms with E-state index < -0.39 is 11.8 Å². The summed E-state index contributed by atoms with van der Waals surface area (Å²) >= 11 is 0. The van der Waals surface area contributed by atoms with Crippen molar-refractivity contribution in [3.63, 3.8) is 0 Å². The van der Waals surface area contributed by atoms with Crippen molar-refractivity contribution in [2.24, 2.45) is 17.4 Å². The molecule has 0 fully saturated rings. The second-order valence-electron chi connectivity index (χ2n) is 7.15. The third-order valence-corrected chi connectivity index (χ3v) is 4.76. The van der Waals surface area contributed by atoms with Crippen molar-refractivity contribution in [1.29, 1.82) is 0 Å². The molecule has 0 heterocycles. The molecule has 0 bridgehead atoms. The zero-order valence-corrected chi connectivity index (χ0v) is 15.9. The van der Waals surface area contributed by atoms with Crippen LogP contribution in [-0.2, 0) is 9.59 Å². The zero-order valence-electron chi connectivity index (χ0n) is 15.9. The number of primary amides is 2. The molecule has 4 N–H and O–H groups in total. The minimum absolute atomic E-state index is 0. The van der Waals surface area contributed by atoms with Crippen LogP contribution in [0, 0.1) is 5.92 Å². The van der Waals surface area contributed by atoms with Gasteiger partial charge in [0.25, 0.3) is 0 Å². The standard InChI is InChI=1S/C20H40N2O2.Na.H/c1-2-3-4-5-6-7-8-9-10-11-12-13-14-15-16-18(20(22)24)17-19(21)23;;/h18H,2-17H2,1H3,(H2,21,23)(H2,22,24);;. The first-order valence-corrected chi connectivity index (χ1v) is 10.2. The van der Waals surface area contributed by atoms with Crippen LogP contribution in [0.4, 0.5) is 0 Å². The van der Waals surface area contributed by atoms with Crippen LogP contribution in [0.5, 0.6) is 0 Å². The second-order valence-corrected chi connectivity index (χ2v) is 7.15. The van der Waals surface area contributed by atoms with Gasteiger partial charge in [0, 0.05) is 12.3 Å². The van der Waals surface area contributed by atoms with E-state index in [4.69, 9.17) is 11.5 Å². The van der Waals surface area contributed by atoms with Gasteiger partial charge in [-0.1, -0.05) is 96.8 Å². The predicted molar refractivity (Wildman–Crippen MR) is 109 cm³/mol. The van der Waals surface area contributed by atoms with Crippen molar-refractivity contribution in [2.75, 3.05) is 0 Å². The van der Waals surface area contributed by atoms with Gasteiger partial charge in [-0.2, -0.15) is 0 Å². The molecule has 0 aromatic rings. The molecule has 25 heavy (non-hydrogen) atoms. The summed E-state index contributed by atoms with van der Waals surface area (Å²) in [4.78, 5) is 22.1. The Labute approximate surface area is 177 Å². The molecule has 5 heteroatoms. The molecule has 0 rings (SSSR count). The van der Waals surface area contributed by atoms with Crippen molar-refractivity contribution in [3.05, 3.63) is 0 Å². The summed E-state index contributed by atoms with van der Waals surface area (Å²) in [5.41, 5.74) is 10.4. The fraction of sp³-hybridized carbons (Fsp3) is 0.900. The van der Waals surface area contributed by atoms with E-state index in [0.29, 0.717) is 6.42 Å². The fourth-order valence-corrected chi connectivity index (χ4v) is 3.17. The van der Waals surface area contributed by atoms with E-state index >= 15 is 0 Å². The Morgan fingerprint density at radius 3 is 1.36 bits per heavy atom. The van der Waals surface area contributed by atoms with E-state index in [1.54, 1.807) is 0 Å². The average Bonchev–Trinajstić information content (AvgIpc) is 2.53. The van der Waals surface area contributed by atoms with Crippen molar-refractivity contribution >= 4 is 41.4 Å². The molecule has 0 radical (unpaired) electrons. The van der Waals surface area contributed by atoms with Crippen LogP contribution in [0.15, 0.2) is 0 Å². The number of unbranched alkanes of at least 4 members (excludes halogenated alkanes) is 13. The van der Waals surface area contributed by atoms with E-state index in [1.165, 1.54) is 77.0 Å². The molecule has 0 aliphatic carbocycles. The Bertz CT molecular complexity index is 325. The third kappa shape index (κ3) is 20.1. The first kappa shape index (κ1) is 27.2. The molecular formula is C20H41N2NaO2. The van der Waals surface area contributed by atoms with E-state index in [2.05, 4.69) is 6.92 Å². The molecule has 1 unspecified atom stereocenters. The van der Waals surface area contributed by atoms with Crippen LogP contribution >= 0.6 is 0 Å². The predicted octanol–water partition coefficient (Wildman–Crippen LogP) is 4.19. The number of carbonyl (C=O) groups is 2.